The second-order valence-electron chi connectivity index (χ2n) is 2.70. The molecule has 0 amide bonds. The van der Waals surface area contributed by atoms with E-state index < -0.39 is 0 Å². The van der Waals surface area contributed by atoms with Crippen molar-refractivity contribution in [2.24, 2.45) is 5.73 Å². The molecule has 0 saturated carbocycles. The lowest BCUT2D eigenvalue weighted by Gasteiger charge is -2.05. The highest BCUT2D eigenvalue weighted by Gasteiger charge is 2.05. The van der Waals surface area contributed by atoms with Crippen molar-refractivity contribution in [2.45, 2.75) is 20.4 Å². The maximum Gasteiger partial charge on any atom is 0.130 e. The van der Waals surface area contributed by atoms with Crippen molar-refractivity contribution in [3.05, 3.63) is 34.6 Å². The molecule has 1 nitrogen and oxygen atoms in total. The minimum atomic E-state index is -0.160. The van der Waals surface area contributed by atoms with E-state index in [1.165, 1.54) is 0 Å². The summed E-state index contributed by atoms with van der Waals surface area (Å²) in [6.07, 6.45) is 0. The highest BCUT2D eigenvalue weighted by molar-refractivity contribution is 5.32. The molecular weight excluding hydrogens is 141 g/mol. The lowest BCUT2D eigenvalue weighted by Crippen LogP contribution is -2.03. The second kappa shape index (κ2) is 3.01. The van der Waals surface area contributed by atoms with Crippen LogP contribution in [0.4, 0.5) is 4.39 Å². The fourth-order valence-electron chi connectivity index (χ4n) is 1.09. The van der Waals surface area contributed by atoms with Gasteiger partial charge in [0.2, 0.25) is 0 Å². The zero-order valence-electron chi connectivity index (χ0n) is 6.82. The monoisotopic (exact) mass is 153 g/mol. The van der Waals surface area contributed by atoms with E-state index in [4.69, 9.17) is 5.73 Å². The summed E-state index contributed by atoms with van der Waals surface area (Å²) < 4.78 is 13.2. The van der Waals surface area contributed by atoms with Crippen molar-refractivity contribution in [1.82, 2.24) is 0 Å². The highest BCUT2D eigenvalue weighted by Crippen LogP contribution is 2.15. The molecular formula is C9H12FN. The molecule has 0 aliphatic heterocycles. The number of nitrogens with two attached hydrogens (primary N) is 1. The Morgan fingerprint density at radius 3 is 2.27 bits per heavy atom. The normalized spacial score (nSPS) is 10.2. The molecule has 0 aliphatic rings. The van der Waals surface area contributed by atoms with Crippen LogP contribution in [0, 0.1) is 19.7 Å². The lowest BCUT2D eigenvalue weighted by molar-refractivity contribution is 0.599. The molecule has 1 rings (SSSR count). The van der Waals surface area contributed by atoms with Gasteiger partial charge in [-0.3, -0.25) is 0 Å². The zero-order valence-corrected chi connectivity index (χ0v) is 6.82. The van der Waals surface area contributed by atoms with Crippen LogP contribution in [0.15, 0.2) is 12.1 Å². The van der Waals surface area contributed by atoms with Crippen molar-refractivity contribution in [1.29, 1.82) is 0 Å². The van der Waals surface area contributed by atoms with E-state index in [-0.39, 0.29) is 12.4 Å². The smallest absolute Gasteiger partial charge is 0.130 e. The fourth-order valence-corrected chi connectivity index (χ4v) is 1.09. The Balaban J connectivity index is 3.29. The van der Waals surface area contributed by atoms with E-state index in [1.807, 2.05) is 13.0 Å². The molecule has 0 bridgehead atoms. The number of hydrogen-bond donors (Lipinski definition) is 1. The van der Waals surface area contributed by atoms with Gasteiger partial charge in [-0.05, 0) is 25.0 Å². The first-order valence-electron chi connectivity index (χ1n) is 3.61. The van der Waals surface area contributed by atoms with Gasteiger partial charge in [-0.2, -0.15) is 0 Å². The topological polar surface area (TPSA) is 26.0 Å². The predicted octanol–water partition coefficient (Wildman–Crippen LogP) is 1.90. The van der Waals surface area contributed by atoms with Crippen LogP contribution in [0.3, 0.4) is 0 Å². The molecule has 0 saturated heterocycles. The molecule has 0 atom stereocenters. The van der Waals surface area contributed by atoms with Gasteiger partial charge in [0, 0.05) is 12.1 Å². The summed E-state index contributed by atoms with van der Waals surface area (Å²) in [4.78, 5) is 0. The summed E-state index contributed by atoms with van der Waals surface area (Å²) in [7, 11) is 0. The summed E-state index contributed by atoms with van der Waals surface area (Å²) in [5.41, 5.74) is 7.60. The predicted molar refractivity (Wildman–Crippen MR) is 43.8 cm³/mol. The third kappa shape index (κ3) is 1.40. The standard InChI is InChI=1S/C9H12FN/c1-6-3-4-7(2)9(10)8(6)5-11/h3-4H,5,11H2,1-2H3. The van der Waals surface area contributed by atoms with Crippen LogP contribution in [0.25, 0.3) is 0 Å². The van der Waals surface area contributed by atoms with E-state index in [1.54, 1.807) is 13.0 Å². The lowest BCUT2D eigenvalue weighted by atomic mass is 10.1. The number of aryl methyl sites for hydroxylation is 2. The molecule has 0 heterocycles. The maximum atomic E-state index is 13.2. The molecule has 0 spiro atoms. The largest absolute Gasteiger partial charge is 0.326 e. The van der Waals surface area contributed by atoms with Crippen LogP contribution in [-0.4, -0.2) is 0 Å². The maximum absolute atomic E-state index is 13.2. The third-order valence-electron chi connectivity index (χ3n) is 1.87. The van der Waals surface area contributed by atoms with Gasteiger partial charge in [-0.25, -0.2) is 4.39 Å². The van der Waals surface area contributed by atoms with Crippen LogP contribution in [-0.2, 0) is 6.54 Å². The third-order valence-corrected chi connectivity index (χ3v) is 1.87. The van der Waals surface area contributed by atoms with Crippen molar-refractivity contribution < 1.29 is 4.39 Å². The van der Waals surface area contributed by atoms with Crippen molar-refractivity contribution in [3.63, 3.8) is 0 Å². The van der Waals surface area contributed by atoms with E-state index in [0.717, 1.165) is 5.56 Å². The van der Waals surface area contributed by atoms with Gasteiger partial charge in [-0.1, -0.05) is 12.1 Å². The average Bonchev–Trinajstić information content (AvgIpc) is 1.99. The first-order chi connectivity index (χ1) is 5.16. The Kier molecular flexibility index (Phi) is 2.25. The molecule has 0 fully saturated rings. The number of rotatable bonds is 1. The number of halogens is 1. The molecule has 2 heteroatoms. The Bertz CT molecular complexity index is 269. The molecule has 11 heavy (non-hydrogen) atoms. The first-order valence-corrected chi connectivity index (χ1v) is 3.61. The van der Waals surface area contributed by atoms with Crippen molar-refractivity contribution in [3.8, 4) is 0 Å². The second-order valence-corrected chi connectivity index (χ2v) is 2.70. The van der Waals surface area contributed by atoms with Crippen molar-refractivity contribution >= 4 is 0 Å². The summed E-state index contributed by atoms with van der Waals surface area (Å²) >= 11 is 0. The molecule has 0 aromatic heterocycles. The summed E-state index contributed by atoms with van der Waals surface area (Å²) in [5.74, 6) is -0.160. The zero-order chi connectivity index (χ0) is 8.43. The van der Waals surface area contributed by atoms with E-state index in [0.29, 0.717) is 11.1 Å². The number of benzene rings is 1. The quantitative estimate of drug-likeness (QED) is 0.655. The van der Waals surface area contributed by atoms with Gasteiger partial charge >= 0.3 is 0 Å². The summed E-state index contributed by atoms with van der Waals surface area (Å²) in [6, 6.07) is 3.66. The average molecular weight is 153 g/mol. The molecule has 2 N–H and O–H groups in total. The summed E-state index contributed by atoms with van der Waals surface area (Å²) in [6.45, 7) is 3.89. The van der Waals surface area contributed by atoms with E-state index in [9.17, 15) is 4.39 Å². The number of hydrogen-bond acceptors (Lipinski definition) is 1. The van der Waals surface area contributed by atoms with Crippen molar-refractivity contribution in [2.75, 3.05) is 0 Å². The van der Waals surface area contributed by atoms with Gasteiger partial charge in [-0.15, -0.1) is 0 Å². The summed E-state index contributed by atoms with van der Waals surface area (Å²) in [5, 5.41) is 0. The van der Waals surface area contributed by atoms with Crippen LogP contribution in [0.1, 0.15) is 16.7 Å². The van der Waals surface area contributed by atoms with E-state index in [2.05, 4.69) is 0 Å². The van der Waals surface area contributed by atoms with Crippen LogP contribution in [0.5, 0.6) is 0 Å². The minimum Gasteiger partial charge on any atom is -0.326 e. The molecule has 0 radical (unpaired) electrons. The molecule has 0 unspecified atom stereocenters. The van der Waals surface area contributed by atoms with Gasteiger partial charge in [0.15, 0.2) is 0 Å². The van der Waals surface area contributed by atoms with Crippen LogP contribution in [0.2, 0.25) is 0 Å². The molecule has 0 aliphatic carbocycles. The first kappa shape index (κ1) is 8.21. The van der Waals surface area contributed by atoms with Gasteiger partial charge in [0.1, 0.15) is 5.82 Å². The van der Waals surface area contributed by atoms with Crippen LogP contribution >= 0.6 is 0 Å². The van der Waals surface area contributed by atoms with Gasteiger partial charge < -0.3 is 5.73 Å². The Hall–Kier alpha value is -0.890. The Morgan fingerprint density at radius 2 is 1.82 bits per heavy atom. The highest BCUT2D eigenvalue weighted by atomic mass is 19.1. The van der Waals surface area contributed by atoms with Gasteiger partial charge in [0.05, 0.1) is 0 Å². The van der Waals surface area contributed by atoms with E-state index >= 15 is 0 Å². The Labute approximate surface area is 66.0 Å². The molecule has 1 aromatic rings. The Morgan fingerprint density at radius 1 is 1.27 bits per heavy atom. The fraction of sp³-hybridized carbons (Fsp3) is 0.333. The SMILES string of the molecule is Cc1ccc(C)c(CN)c1F. The van der Waals surface area contributed by atoms with Gasteiger partial charge in [0.25, 0.3) is 0 Å². The molecule has 60 valence electrons. The minimum absolute atomic E-state index is 0.160. The van der Waals surface area contributed by atoms with Crippen LogP contribution < -0.4 is 5.73 Å². The molecule has 1 aromatic carbocycles.